The lowest BCUT2D eigenvalue weighted by molar-refractivity contribution is -0.132. The van der Waals surface area contributed by atoms with E-state index in [4.69, 9.17) is 0 Å². The average molecular weight is 265 g/mol. The number of amides is 1. The molecule has 1 unspecified atom stereocenters. The molecule has 0 saturated carbocycles. The Labute approximate surface area is 112 Å². The average Bonchev–Trinajstić information content (AvgIpc) is 2.69. The van der Waals surface area contributed by atoms with Gasteiger partial charge in [-0.3, -0.25) is 9.48 Å². The van der Waals surface area contributed by atoms with Gasteiger partial charge in [0.2, 0.25) is 0 Å². The molecule has 1 aromatic heterocycles. The number of hydrogen-bond acceptors (Lipinski definition) is 2. The Balaban J connectivity index is 2.30. The van der Waals surface area contributed by atoms with Gasteiger partial charge in [-0.2, -0.15) is 5.10 Å². The molecule has 5 heteroatoms. The van der Waals surface area contributed by atoms with E-state index in [1.54, 1.807) is 0 Å². The van der Waals surface area contributed by atoms with Gasteiger partial charge in [0.05, 0.1) is 24.5 Å². The van der Waals surface area contributed by atoms with Gasteiger partial charge in [0, 0.05) is 11.5 Å². The minimum atomic E-state index is -0.907. The van der Waals surface area contributed by atoms with Crippen LogP contribution in [0.5, 0.6) is 0 Å². The second kappa shape index (κ2) is 4.47. The highest BCUT2D eigenvalue weighted by Gasteiger charge is 2.30. The molecule has 0 aromatic carbocycles. The van der Waals surface area contributed by atoms with Crippen molar-refractivity contribution in [1.82, 2.24) is 14.7 Å². The lowest BCUT2D eigenvalue weighted by Crippen LogP contribution is -2.45. The largest absolute Gasteiger partial charge is 0.326 e. The summed E-state index contributed by atoms with van der Waals surface area (Å²) in [6.07, 6.45) is 0. The Morgan fingerprint density at radius 2 is 2.16 bits per heavy atom. The number of carbonyl (C=O) groups is 1. The first-order valence-corrected chi connectivity index (χ1v) is 6.42. The zero-order valence-corrected chi connectivity index (χ0v) is 11.9. The second-order valence-corrected chi connectivity index (χ2v) is 6.14. The predicted molar refractivity (Wildman–Crippen MR) is 71.2 cm³/mol. The maximum absolute atomic E-state index is 13.0. The Hall–Kier alpha value is -1.65. The standard InChI is InChI=1S/C14H20FN3O/c1-9-7-18-11(6-12(16-18)14(3,4)5)8-17(9)13(19)10(2)15/h6,9H,2,7-8H2,1,3-5H3. The van der Waals surface area contributed by atoms with Crippen LogP contribution in [-0.2, 0) is 23.3 Å². The summed E-state index contributed by atoms with van der Waals surface area (Å²) in [5.74, 6) is -1.53. The van der Waals surface area contributed by atoms with E-state index in [0.29, 0.717) is 13.1 Å². The van der Waals surface area contributed by atoms with E-state index < -0.39 is 11.7 Å². The van der Waals surface area contributed by atoms with Gasteiger partial charge in [0.1, 0.15) is 0 Å². The fourth-order valence-corrected chi connectivity index (χ4v) is 2.21. The van der Waals surface area contributed by atoms with Gasteiger partial charge in [-0.25, -0.2) is 4.39 Å². The molecule has 0 saturated heterocycles. The summed E-state index contributed by atoms with van der Waals surface area (Å²) in [5.41, 5.74) is 1.90. The van der Waals surface area contributed by atoms with Crippen LogP contribution in [0, 0.1) is 0 Å². The lowest BCUT2D eigenvalue weighted by atomic mass is 9.92. The minimum Gasteiger partial charge on any atom is -0.326 e. The van der Waals surface area contributed by atoms with Gasteiger partial charge < -0.3 is 4.90 Å². The molecule has 0 fully saturated rings. The van der Waals surface area contributed by atoms with Crippen molar-refractivity contribution in [3.63, 3.8) is 0 Å². The zero-order valence-electron chi connectivity index (χ0n) is 11.9. The summed E-state index contributed by atoms with van der Waals surface area (Å²) in [6, 6.07) is 1.91. The lowest BCUT2D eigenvalue weighted by Gasteiger charge is -2.33. The van der Waals surface area contributed by atoms with Crippen molar-refractivity contribution in [3.05, 3.63) is 29.9 Å². The summed E-state index contributed by atoms with van der Waals surface area (Å²) in [7, 11) is 0. The predicted octanol–water partition coefficient (Wildman–Crippen LogP) is 2.39. The van der Waals surface area contributed by atoms with Gasteiger partial charge >= 0.3 is 0 Å². The number of nitrogens with zero attached hydrogens (tertiary/aromatic N) is 3. The minimum absolute atomic E-state index is 0.0356. The number of halogens is 1. The summed E-state index contributed by atoms with van der Waals surface area (Å²) in [5, 5.41) is 4.57. The topological polar surface area (TPSA) is 38.1 Å². The van der Waals surface area contributed by atoms with E-state index in [2.05, 4.69) is 32.4 Å². The smallest absolute Gasteiger partial charge is 0.282 e. The van der Waals surface area contributed by atoms with Crippen LogP contribution in [0.15, 0.2) is 18.5 Å². The molecule has 2 rings (SSSR count). The first-order chi connectivity index (χ1) is 8.70. The van der Waals surface area contributed by atoms with Gasteiger partial charge in [-0.15, -0.1) is 0 Å². The molecular weight excluding hydrogens is 245 g/mol. The maximum Gasteiger partial charge on any atom is 0.282 e. The first kappa shape index (κ1) is 13.8. The molecule has 0 bridgehead atoms. The van der Waals surface area contributed by atoms with Crippen molar-refractivity contribution >= 4 is 5.91 Å². The van der Waals surface area contributed by atoms with Crippen LogP contribution in [0.4, 0.5) is 4.39 Å². The van der Waals surface area contributed by atoms with Crippen molar-refractivity contribution in [1.29, 1.82) is 0 Å². The van der Waals surface area contributed by atoms with E-state index in [1.165, 1.54) is 4.90 Å². The third-order valence-electron chi connectivity index (χ3n) is 3.43. The van der Waals surface area contributed by atoms with Gasteiger partial charge in [-0.05, 0) is 13.0 Å². The second-order valence-electron chi connectivity index (χ2n) is 6.14. The Morgan fingerprint density at radius 1 is 1.53 bits per heavy atom. The summed E-state index contributed by atoms with van der Waals surface area (Å²) in [4.78, 5) is 13.2. The number of hydrogen-bond donors (Lipinski definition) is 0. The van der Waals surface area contributed by atoms with Crippen molar-refractivity contribution in [2.75, 3.05) is 0 Å². The van der Waals surface area contributed by atoms with Crippen molar-refractivity contribution in [2.45, 2.75) is 52.2 Å². The van der Waals surface area contributed by atoms with Crippen LogP contribution >= 0.6 is 0 Å². The normalized spacial score (nSPS) is 19.2. The molecular formula is C14H20FN3O. The third-order valence-corrected chi connectivity index (χ3v) is 3.43. The number of rotatable bonds is 1. The van der Waals surface area contributed by atoms with E-state index in [9.17, 15) is 9.18 Å². The quantitative estimate of drug-likeness (QED) is 0.731. The van der Waals surface area contributed by atoms with Crippen LogP contribution < -0.4 is 0 Å². The van der Waals surface area contributed by atoms with Crippen molar-refractivity contribution in [3.8, 4) is 0 Å². The fourth-order valence-electron chi connectivity index (χ4n) is 2.21. The number of aromatic nitrogens is 2. The monoisotopic (exact) mass is 265 g/mol. The molecule has 1 aliphatic rings. The van der Waals surface area contributed by atoms with Gasteiger partial charge in [0.25, 0.3) is 5.91 Å². The molecule has 0 spiro atoms. The highest BCUT2D eigenvalue weighted by molar-refractivity contribution is 5.90. The molecule has 2 heterocycles. The number of fused-ring (bicyclic) bond motifs is 1. The summed E-state index contributed by atoms with van der Waals surface area (Å²) in [6.45, 7) is 12.2. The van der Waals surface area contributed by atoms with Gasteiger partial charge in [-0.1, -0.05) is 27.4 Å². The molecule has 0 aliphatic carbocycles. The fraction of sp³-hybridized carbons (Fsp3) is 0.571. The van der Waals surface area contributed by atoms with Gasteiger partial charge in [0.15, 0.2) is 5.83 Å². The molecule has 1 atom stereocenters. The van der Waals surface area contributed by atoms with Crippen molar-refractivity contribution in [2.24, 2.45) is 0 Å². The highest BCUT2D eigenvalue weighted by Crippen LogP contribution is 2.26. The van der Waals surface area contributed by atoms with Crippen LogP contribution in [-0.4, -0.2) is 26.6 Å². The van der Waals surface area contributed by atoms with E-state index in [1.807, 2.05) is 17.7 Å². The molecule has 104 valence electrons. The van der Waals surface area contributed by atoms with Crippen LogP contribution in [0.1, 0.15) is 39.1 Å². The Kier molecular flexibility index (Phi) is 3.24. The van der Waals surface area contributed by atoms with Crippen LogP contribution in [0.25, 0.3) is 0 Å². The molecule has 0 radical (unpaired) electrons. The molecule has 0 N–H and O–H groups in total. The zero-order chi connectivity index (χ0) is 14.4. The maximum atomic E-state index is 13.0. The van der Waals surface area contributed by atoms with Crippen molar-refractivity contribution < 1.29 is 9.18 Å². The number of carbonyl (C=O) groups excluding carboxylic acids is 1. The van der Waals surface area contributed by atoms with E-state index in [-0.39, 0.29) is 11.5 Å². The highest BCUT2D eigenvalue weighted by atomic mass is 19.1. The summed E-state index contributed by atoms with van der Waals surface area (Å²) >= 11 is 0. The van der Waals surface area contributed by atoms with Crippen LogP contribution in [0.2, 0.25) is 0 Å². The van der Waals surface area contributed by atoms with Crippen LogP contribution in [0.3, 0.4) is 0 Å². The molecule has 19 heavy (non-hydrogen) atoms. The molecule has 4 nitrogen and oxygen atoms in total. The first-order valence-electron chi connectivity index (χ1n) is 6.42. The third kappa shape index (κ3) is 2.55. The Morgan fingerprint density at radius 3 is 2.68 bits per heavy atom. The molecule has 1 aromatic rings. The summed E-state index contributed by atoms with van der Waals surface area (Å²) < 4.78 is 14.9. The van der Waals surface area contributed by atoms with E-state index >= 15 is 0 Å². The van der Waals surface area contributed by atoms with E-state index in [0.717, 1.165) is 11.4 Å². The molecule has 1 amide bonds. The molecule has 1 aliphatic heterocycles. The SMILES string of the molecule is C=C(F)C(=O)N1Cc2cc(C(C)(C)C)nn2CC1C. The Bertz CT molecular complexity index is 527.